The molecule has 8 nitrogen and oxygen atoms in total. The van der Waals surface area contributed by atoms with Crippen LogP contribution in [0, 0.1) is 0 Å². The molecule has 0 fully saturated rings. The molecule has 6 rings (SSSR count). The number of anilines is 1. The van der Waals surface area contributed by atoms with E-state index in [-0.39, 0.29) is 22.6 Å². The van der Waals surface area contributed by atoms with Crippen LogP contribution >= 0.6 is 11.3 Å². The number of likely N-dealkylation sites (N-methyl/N-ethyl adjacent to an activating group) is 1. The molecule has 0 aliphatic carbocycles. The van der Waals surface area contributed by atoms with E-state index in [0.717, 1.165) is 17.0 Å². The number of carbonyl (C=O) groups is 2. The number of nitrogens with zero attached hydrogens (tertiary/aromatic N) is 3. The van der Waals surface area contributed by atoms with Crippen LogP contribution < -0.4 is 24.5 Å². The largest absolute Gasteiger partial charge is 0.497 e. The highest BCUT2D eigenvalue weighted by Crippen LogP contribution is 2.37. The normalized spacial score (nSPS) is 17.2. The van der Waals surface area contributed by atoms with E-state index in [1.807, 2.05) is 73.7 Å². The molecule has 0 saturated heterocycles. The number of esters is 1. The van der Waals surface area contributed by atoms with Gasteiger partial charge in [0.05, 0.1) is 42.3 Å². The Bertz CT molecular complexity index is 1910. The first-order chi connectivity index (χ1) is 20.0. The van der Waals surface area contributed by atoms with Crippen LogP contribution in [0.2, 0.25) is 0 Å². The molecule has 3 heterocycles. The van der Waals surface area contributed by atoms with Crippen molar-refractivity contribution in [3.8, 4) is 5.75 Å². The summed E-state index contributed by atoms with van der Waals surface area (Å²) in [5.41, 5.74) is 3.44. The van der Waals surface area contributed by atoms with E-state index in [2.05, 4.69) is 0 Å². The van der Waals surface area contributed by atoms with Crippen molar-refractivity contribution >= 4 is 40.2 Å². The number of rotatable bonds is 6. The Kier molecular flexibility index (Phi) is 6.88. The number of thiazole rings is 1. The molecule has 41 heavy (non-hydrogen) atoms. The van der Waals surface area contributed by atoms with Crippen molar-refractivity contribution in [3.05, 3.63) is 121 Å². The average Bonchev–Trinajstić information content (AvgIpc) is 3.48. The standard InChI is InChI=1S/C32H27N3O5S/c1-4-34-23-17-10-9-16-22(23)24(29(34)36)28-30(37)35-27(20-14-11-15-21(18-20)39-3)25(31(38)40-5-2)26(33-32(35)41-28)19-12-7-6-8-13-19/h6-18,27H,4-5H2,1-3H3/b28-24+/t27-/m0/s1. The van der Waals surface area contributed by atoms with Gasteiger partial charge in [-0.25, -0.2) is 9.79 Å². The van der Waals surface area contributed by atoms with E-state index in [4.69, 9.17) is 14.5 Å². The van der Waals surface area contributed by atoms with E-state index in [1.165, 1.54) is 4.57 Å². The highest BCUT2D eigenvalue weighted by Gasteiger charge is 2.38. The van der Waals surface area contributed by atoms with Crippen molar-refractivity contribution in [3.63, 3.8) is 0 Å². The number of carbonyl (C=O) groups excluding carboxylic acids is 2. The van der Waals surface area contributed by atoms with E-state index in [0.29, 0.717) is 45.1 Å². The van der Waals surface area contributed by atoms with Crippen molar-refractivity contribution in [1.82, 2.24) is 4.57 Å². The van der Waals surface area contributed by atoms with Crippen LogP contribution in [0.1, 0.15) is 36.6 Å². The fourth-order valence-corrected chi connectivity index (χ4v) is 6.52. The molecule has 1 aromatic heterocycles. The van der Waals surface area contributed by atoms with Gasteiger partial charge in [0.15, 0.2) is 4.80 Å². The third-order valence-electron chi connectivity index (χ3n) is 7.23. The summed E-state index contributed by atoms with van der Waals surface area (Å²) in [7, 11) is 1.56. The number of benzene rings is 3. The molecular weight excluding hydrogens is 538 g/mol. The molecule has 206 valence electrons. The lowest BCUT2D eigenvalue weighted by Crippen LogP contribution is -2.41. The Morgan fingerprint density at radius 1 is 0.976 bits per heavy atom. The minimum absolute atomic E-state index is 0.155. The maximum atomic E-state index is 14.4. The third-order valence-corrected chi connectivity index (χ3v) is 8.28. The Hall–Kier alpha value is -4.76. The van der Waals surface area contributed by atoms with E-state index in [9.17, 15) is 14.4 Å². The van der Waals surface area contributed by atoms with Gasteiger partial charge in [0, 0.05) is 17.7 Å². The number of amides is 1. The zero-order chi connectivity index (χ0) is 28.7. The second-order valence-electron chi connectivity index (χ2n) is 9.47. The first kappa shape index (κ1) is 26.5. The molecule has 0 unspecified atom stereocenters. The van der Waals surface area contributed by atoms with E-state index >= 15 is 0 Å². The van der Waals surface area contributed by atoms with Crippen LogP contribution in [0.15, 0.2) is 94.2 Å². The molecule has 0 saturated carbocycles. The van der Waals surface area contributed by atoms with Crippen LogP contribution in [-0.4, -0.2) is 36.7 Å². The number of hydrogen-bond acceptors (Lipinski definition) is 7. The predicted octanol–water partition coefficient (Wildman–Crippen LogP) is 3.68. The smallest absolute Gasteiger partial charge is 0.338 e. The van der Waals surface area contributed by atoms with Crippen LogP contribution in [0.5, 0.6) is 5.75 Å². The van der Waals surface area contributed by atoms with Crippen molar-refractivity contribution < 1.29 is 19.1 Å². The van der Waals surface area contributed by atoms with Gasteiger partial charge < -0.3 is 14.4 Å². The quantitative estimate of drug-likeness (QED) is 0.333. The monoisotopic (exact) mass is 565 g/mol. The molecular formula is C32H27N3O5S. The summed E-state index contributed by atoms with van der Waals surface area (Å²) < 4.78 is 12.8. The molecule has 3 aromatic carbocycles. The number of fused-ring (bicyclic) bond motifs is 2. The minimum Gasteiger partial charge on any atom is -0.497 e. The lowest BCUT2D eigenvalue weighted by atomic mass is 9.93. The Labute approximate surface area is 240 Å². The first-order valence-electron chi connectivity index (χ1n) is 13.3. The van der Waals surface area contributed by atoms with Gasteiger partial charge in [0.25, 0.3) is 11.5 Å². The van der Waals surface area contributed by atoms with E-state index < -0.39 is 17.6 Å². The number of ether oxygens (including phenoxy) is 2. The topological polar surface area (TPSA) is 90.2 Å². The number of hydrogen-bond donors (Lipinski definition) is 0. The third kappa shape index (κ3) is 4.29. The maximum absolute atomic E-state index is 14.4. The molecule has 0 bridgehead atoms. The number of methoxy groups -OCH3 is 1. The fourth-order valence-electron chi connectivity index (χ4n) is 5.43. The lowest BCUT2D eigenvalue weighted by Gasteiger charge is -2.26. The molecule has 0 spiro atoms. The highest BCUT2D eigenvalue weighted by atomic mass is 32.1. The van der Waals surface area contributed by atoms with Gasteiger partial charge in [-0.3, -0.25) is 14.2 Å². The van der Waals surface area contributed by atoms with Gasteiger partial charge in [-0.2, -0.15) is 0 Å². The molecule has 0 N–H and O–H groups in total. The molecule has 1 atom stereocenters. The summed E-state index contributed by atoms with van der Waals surface area (Å²) in [5, 5.41) is 0. The second-order valence-corrected chi connectivity index (χ2v) is 10.4. The predicted molar refractivity (Wildman–Crippen MR) is 157 cm³/mol. The van der Waals surface area contributed by atoms with Crippen molar-refractivity contribution in [2.24, 2.45) is 4.99 Å². The van der Waals surface area contributed by atoms with Gasteiger partial charge in [-0.05, 0) is 37.6 Å². The Balaban J connectivity index is 1.72. The summed E-state index contributed by atoms with van der Waals surface area (Å²) in [6.45, 7) is 4.26. The van der Waals surface area contributed by atoms with Gasteiger partial charge in [-0.15, -0.1) is 0 Å². The number of aromatic nitrogens is 1. The van der Waals surface area contributed by atoms with E-state index in [1.54, 1.807) is 31.1 Å². The van der Waals surface area contributed by atoms with Gasteiger partial charge in [-0.1, -0.05) is 72.0 Å². The first-order valence-corrected chi connectivity index (χ1v) is 14.2. The molecule has 2 aliphatic heterocycles. The lowest BCUT2D eigenvalue weighted by molar-refractivity contribution is -0.138. The van der Waals surface area contributed by atoms with Gasteiger partial charge in [0.2, 0.25) is 0 Å². The molecule has 9 heteroatoms. The fraction of sp³-hybridized carbons (Fsp3) is 0.188. The molecule has 0 radical (unpaired) electrons. The van der Waals surface area contributed by atoms with Gasteiger partial charge >= 0.3 is 5.97 Å². The molecule has 2 aliphatic rings. The second kappa shape index (κ2) is 10.7. The highest BCUT2D eigenvalue weighted by molar-refractivity contribution is 7.07. The molecule has 1 amide bonds. The van der Waals surface area contributed by atoms with Crippen LogP contribution in [0.4, 0.5) is 5.69 Å². The minimum atomic E-state index is -0.862. The summed E-state index contributed by atoms with van der Waals surface area (Å²) >= 11 is 1.15. The SMILES string of the molecule is CCOC(=O)C1=C(c2ccccc2)N=c2s/c(=C3/C(=O)N(CC)c4ccccc43)c(=O)n2[C@H]1c1cccc(OC)c1. The Morgan fingerprint density at radius 2 is 1.73 bits per heavy atom. The van der Waals surface area contributed by atoms with Crippen molar-refractivity contribution in [2.45, 2.75) is 19.9 Å². The Morgan fingerprint density at radius 3 is 2.46 bits per heavy atom. The zero-order valence-corrected chi connectivity index (χ0v) is 23.6. The summed E-state index contributed by atoms with van der Waals surface area (Å²) in [4.78, 5) is 48.6. The summed E-state index contributed by atoms with van der Waals surface area (Å²) in [6, 6.07) is 23.2. The van der Waals surface area contributed by atoms with Crippen LogP contribution in [-0.2, 0) is 14.3 Å². The average molecular weight is 566 g/mol. The summed E-state index contributed by atoms with van der Waals surface area (Å²) in [6.07, 6.45) is 0. The maximum Gasteiger partial charge on any atom is 0.338 e. The number of para-hydroxylation sites is 1. The van der Waals surface area contributed by atoms with Crippen LogP contribution in [0.3, 0.4) is 0 Å². The van der Waals surface area contributed by atoms with Crippen molar-refractivity contribution in [1.29, 1.82) is 0 Å². The summed E-state index contributed by atoms with van der Waals surface area (Å²) in [5.74, 6) is -0.225. The van der Waals surface area contributed by atoms with Crippen molar-refractivity contribution in [2.75, 3.05) is 25.2 Å². The molecule has 4 aromatic rings. The zero-order valence-electron chi connectivity index (χ0n) is 22.8. The van der Waals surface area contributed by atoms with Gasteiger partial charge in [0.1, 0.15) is 10.3 Å². The van der Waals surface area contributed by atoms with Crippen LogP contribution in [0.25, 0.3) is 11.3 Å².